The van der Waals surface area contributed by atoms with E-state index >= 15 is 0 Å². The summed E-state index contributed by atoms with van der Waals surface area (Å²) >= 11 is 0. The first-order valence-electron chi connectivity index (χ1n) is 11.3. The van der Waals surface area contributed by atoms with E-state index in [1.54, 1.807) is 0 Å². The minimum atomic E-state index is 1.04. The van der Waals surface area contributed by atoms with Gasteiger partial charge in [0.05, 0.1) is 19.7 Å². The zero-order valence-corrected chi connectivity index (χ0v) is 19.0. The maximum Gasteiger partial charge on any atom is 0.280 e. The molecule has 2 heteroatoms. The molecule has 5 rings (SSSR count). The molecule has 0 saturated carbocycles. The third-order valence-electron chi connectivity index (χ3n) is 6.41. The largest absolute Gasteiger partial charge is 0.280 e. The van der Waals surface area contributed by atoms with Gasteiger partial charge in [-0.25, -0.2) is 0 Å². The Balaban J connectivity index is 1.87. The molecular weight excluding hydrogens is 388 g/mol. The van der Waals surface area contributed by atoms with E-state index in [2.05, 4.69) is 128 Å². The van der Waals surface area contributed by atoms with E-state index in [9.17, 15) is 0 Å². The van der Waals surface area contributed by atoms with Crippen LogP contribution >= 0.6 is 0 Å². The van der Waals surface area contributed by atoms with Crippen LogP contribution < -0.4 is 0 Å². The normalized spacial score (nSPS) is 13.7. The van der Waals surface area contributed by atoms with Gasteiger partial charge in [0.15, 0.2) is 0 Å². The fraction of sp³-hybridized carbons (Fsp3) is 0.167. The van der Waals surface area contributed by atoms with Crippen LogP contribution in [0.25, 0.3) is 33.4 Å². The van der Waals surface area contributed by atoms with Crippen molar-refractivity contribution in [2.24, 2.45) is 0 Å². The maximum atomic E-state index is 2.39. The molecule has 4 aromatic rings. The summed E-state index contributed by atoms with van der Waals surface area (Å²) in [4.78, 5) is 2.39. The average Bonchev–Trinajstić information content (AvgIpc) is 3.17. The van der Waals surface area contributed by atoms with Crippen molar-refractivity contribution in [2.75, 3.05) is 27.2 Å². The van der Waals surface area contributed by atoms with E-state index in [0.717, 1.165) is 13.1 Å². The molecular formula is C30H29N2+. The van der Waals surface area contributed by atoms with Gasteiger partial charge in [0, 0.05) is 0 Å². The van der Waals surface area contributed by atoms with E-state index in [-0.39, 0.29) is 0 Å². The number of amidine groups is 1. The number of nitrogens with zero attached hydrogens (tertiary/aromatic N) is 2. The summed E-state index contributed by atoms with van der Waals surface area (Å²) < 4.78 is 2.39. The van der Waals surface area contributed by atoms with Crippen LogP contribution in [0.4, 0.5) is 0 Å². The Bertz CT molecular complexity index is 1210. The van der Waals surface area contributed by atoms with E-state index in [4.69, 9.17) is 0 Å². The molecule has 0 N–H and O–H groups in total. The lowest BCUT2D eigenvalue weighted by molar-refractivity contribution is -0.486. The Labute approximate surface area is 191 Å². The zero-order chi connectivity index (χ0) is 22.1. The van der Waals surface area contributed by atoms with Crippen molar-refractivity contribution < 1.29 is 4.58 Å². The van der Waals surface area contributed by atoms with Crippen molar-refractivity contribution in [1.29, 1.82) is 0 Å². The topological polar surface area (TPSA) is 6.25 Å². The van der Waals surface area contributed by atoms with Gasteiger partial charge < -0.3 is 0 Å². The lowest BCUT2D eigenvalue weighted by Gasteiger charge is -2.19. The standard InChI is InChI=1S/C30H29N2/c1-22-14-16-23(17-15-22)26-20-27(24-10-6-4-7-11-24)29(30-31(2)18-19-32(30)3)28(21-26)25-12-8-5-9-13-25/h4-17,20-21H,18-19H2,1-3H3/q+1. The maximum absolute atomic E-state index is 2.39. The first kappa shape index (κ1) is 20.3. The fourth-order valence-electron chi connectivity index (χ4n) is 4.67. The molecule has 0 saturated heterocycles. The van der Waals surface area contributed by atoms with Gasteiger partial charge in [0.25, 0.3) is 5.84 Å². The predicted molar refractivity (Wildman–Crippen MR) is 135 cm³/mol. The lowest BCUT2D eigenvalue weighted by Crippen LogP contribution is -2.27. The monoisotopic (exact) mass is 417 g/mol. The van der Waals surface area contributed by atoms with Crippen LogP contribution in [0.1, 0.15) is 11.1 Å². The molecule has 1 heterocycles. The highest BCUT2D eigenvalue weighted by molar-refractivity contribution is 6.09. The quantitative estimate of drug-likeness (QED) is 0.352. The Morgan fingerprint density at radius 3 is 1.66 bits per heavy atom. The molecule has 158 valence electrons. The summed E-state index contributed by atoms with van der Waals surface area (Å²) in [5.41, 5.74) is 10.1. The Morgan fingerprint density at radius 2 is 1.19 bits per heavy atom. The minimum Gasteiger partial charge on any atom is -0.260 e. The molecule has 0 atom stereocenters. The molecule has 0 unspecified atom stereocenters. The van der Waals surface area contributed by atoms with Crippen LogP contribution in [-0.2, 0) is 0 Å². The molecule has 0 fully saturated rings. The first-order valence-corrected chi connectivity index (χ1v) is 11.3. The number of aryl methyl sites for hydroxylation is 1. The third-order valence-corrected chi connectivity index (χ3v) is 6.41. The van der Waals surface area contributed by atoms with Crippen LogP contribution in [0.2, 0.25) is 0 Å². The van der Waals surface area contributed by atoms with Crippen molar-refractivity contribution in [1.82, 2.24) is 4.90 Å². The number of rotatable bonds is 4. The minimum absolute atomic E-state index is 1.04. The molecule has 0 spiro atoms. The lowest BCUT2D eigenvalue weighted by atomic mass is 9.87. The molecule has 0 radical (unpaired) electrons. The second-order valence-corrected chi connectivity index (χ2v) is 8.71. The molecule has 0 bridgehead atoms. The van der Waals surface area contributed by atoms with E-state index in [0.29, 0.717) is 0 Å². The van der Waals surface area contributed by atoms with Gasteiger partial charge in [-0.2, -0.15) is 0 Å². The zero-order valence-electron chi connectivity index (χ0n) is 19.0. The summed E-state index contributed by atoms with van der Waals surface area (Å²) in [5.74, 6) is 1.29. The second kappa shape index (κ2) is 8.47. The number of benzene rings is 4. The smallest absolute Gasteiger partial charge is 0.260 e. The first-order chi connectivity index (χ1) is 15.6. The van der Waals surface area contributed by atoms with Crippen LogP contribution in [-0.4, -0.2) is 42.5 Å². The van der Waals surface area contributed by atoms with Gasteiger partial charge in [-0.1, -0.05) is 90.5 Å². The number of hydrogen-bond acceptors (Lipinski definition) is 1. The molecule has 1 aliphatic rings. The molecule has 32 heavy (non-hydrogen) atoms. The van der Waals surface area contributed by atoms with Gasteiger partial charge in [-0.05, 0) is 52.4 Å². The number of likely N-dealkylation sites (N-methyl/N-ethyl adjacent to an activating group) is 2. The second-order valence-electron chi connectivity index (χ2n) is 8.71. The van der Waals surface area contributed by atoms with Gasteiger partial charge in [0.1, 0.15) is 13.1 Å². The Morgan fingerprint density at radius 1 is 0.656 bits per heavy atom. The number of hydrogen-bond donors (Lipinski definition) is 0. The van der Waals surface area contributed by atoms with Gasteiger partial charge in [-0.3, -0.25) is 9.48 Å². The highest BCUT2D eigenvalue weighted by Crippen LogP contribution is 2.38. The molecule has 0 amide bonds. The summed E-state index contributed by atoms with van der Waals surface area (Å²) in [6.45, 7) is 4.21. The molecule has 0 aliphatic carbocycles. The Hall–Kier alpha value is -3.65. The van der Waals surface area contributed by atoms with Crippen LogP contribution in [0, 0.1) is 6.92 Å². The van der Waals surface area contributed by atoms with Crippen molar-refractivity contribution >= 4 is 5.84 Å². The highest BCUT2D eigenvalue weighted by Gasteiger charge is 2.32. The summed E-state index contributed by atoms with van der Waals surface area (Å²) in [6, 6.07) is 35.2. The van der Waals surface area contributed by atoms with Gasteiger partial charge in [-0.15, -0.1) is 0 Å². The van der Waals surface area contributed by atoms with Gasteiger partial charge >= 0.3 is 0 Å². The van der Waals surface area contributed by atoms with Crippen LogP contribution in [0.5, 0.6) is 0 Å². The van der Waals surface area contributed by atoms with Crippen molar-refractivity contribution in [2.45, 2.75) is 6.92 Å². The van der Waals surface area contributed by atoms with Gasteiger partial charge in [0.2, 0.25) is 0 Å². The molecule has 2 nitrogen and oxygen atoms in total. The van der Waals surface area contributed by atoms with E-state index in [1.165, 1.54) is 50.3 Å². The van der Waals surface area contributed by atoms with Crippen molar-refractivity contribution in [3.8, 4) is 33.4 Å². The fourth-order valence-corrected chi connectivity index (χ4v) is 4.67. The Kier molecular flexibility index (Phi) is 5.36. The molecule has 4 aromatic carbocycles. The highest BCUT2D eigenvalue weighted by atomic mass is 15.3. The van der Waals surface area contributed by atoms with Crippen LogP contribution in [0.3, 0.4) is 0 Å². The third kappa shape index (κ3) is 3.73. The summed E-state index contributed by atoms with van der Waals surface area (Å²) in [5, 5.41) is 0. The van der Waals surface area contributed by atoms with Crippen LogP contribution in [0.15, 0.2) is 97.1 Å². The molecule has 0 aromatic heterocycles. The van der Waals surface area contributed by atoms with E-state index in [1.807, 2.05) is 0 Å². The molecule has 1 aliphatic heterocycles. The summed E-state index contributed by atoms with van der Waals surface area (Å²) in [6.07, 6.45) is 0. The summed E-state index contributed by atoms with van der Waals surface area (Å²) in [7, 11) is 4.41. The van der Waals surface area contributed by atoms with Crippen molar-refractivity contribution in [3.63, 3.8) is 0 Å². The predicted octanol–water partition coefficient (Wildman–Crippen LogP) is 6.33. The SMILES string of the molecule is Cc1ccc(-c2cc(-c3ccccc3)c(C3=[N+](C)CCN3C)c(-c3ccccc3)c2)cc1. The average molecular weight is 418 g/mol. The van der Waals surface area contributed by atoms with Crippen molar-refractivity contribution in [3.05, 3.63) is 108 Å². The van der Waals surface area contributed by atoms with E-state index < -0.39 is 0 Å².